The Morgan fingerprint density at radius 1 is 1.19 bits per heavy atom. The van der Waals surface area contributed by atoms with Gasteiger partial charge in [0.25, 0.3) is 0 Å². The second-order valence-corrected chi connectivity index (χ2v) is 5.59. The van der Waals surface area contributed by atoms with Crippen LogP contribution in [0.15, 0.2) is 24.3 Å². The minimum Gasteiger partial charge on any atom is -0.329 e. The van der Waals surface area contributed by atoms with Crippen molar-refractivity contribution in [3.05, 3.63) is 35.4 Å². The number of rotatable bonds is 4. The Morgan fingerprint density at radius 2 is 1.86 bits per heavy atom. The van der Waals surface area contributed by atoms with Gasteiger partial charge in [-0.2, -0.15) is 13.2 Å². The van der Waals surface area contributed by atoms with E-state index in [0.717, 1.165) is 5.56 Å². The number of benzene rings is 1. The van der Waals surface area contributed by atoms with Gasteiger partial charge in [-0.1, -0.05) is 29.8 Å². The average molecular weight is 301 g/mol. The lowest BCUT2D eigenvalue weighted by molar-refractivity contribution is -0.149. The zero-order valence-corrected chi connectivity index (χ0v) is 12.2. The summed E-state index contributed by atoms with van der Waals surface area (Å²) in [4.78, 5) is 3.64. The highest BCUT2D eigenvalue weighted by Crippen LogP contribution is 2.23. The van der Waals surface area contributed by atoms with Crippen LogP contribution in [0.2, 0.25) is 0 Å². The van der Waals surface area contributed by atoms with Crippen LogP contribution >= 0.6 is 0 Å². The Bertz CT molecular complexity index is 454. The van der Waals surface area contributed by atoms with E-state index in [1.807, 2.05) is 25.1 Å². The number of nitrogens with two attached hydrogens (primary N) is 1. The monoisotopic (exact) mass is 301 g/mol. The number of halogens is 3. The quantitative estimate of drug-likeness (QED) is 0.925. The van der Waals surface area contributed by atoms with Crippen molar-refractivity contribution in [2.24, 2.45) is 5.73 Å². The predicted molar refractivity (Wildman–Crippen MR) is 77.0 cm³/mol. The molecule has 0 amide bonds. The van der Waals surface area contributed by atoms with Crippen LogP contribution in [0.3, 0.4) is 0 Å². The molecule has 1 heterocycles. The van der Waals surface area contributed by atoms with Gasteiger partial charge < -0.3 is 5.73 Å². The molecule has 1 aromatic carbocycles. The van der Waals surface area contributed by atoms with Gasteiger partial charge in [0, 0.05) is 38.8 Å². The fourth-order valence-corrected chi connectivity index (χ4v) is 2.86. The van der Waals surface area contributed by atoms with Crippen LogP contribution in [-0.2, 0) is 0 Å². The van der Waals surface area contributed by atoms with E-state index in [0.29, 0.717) is 32.7 Å². The molecule has 0 saturated carbocycles. The van der Waals surface area contributed by atoms with E-state index >= 15 is 0 Å². The lowest BCUT2D eigenvalue weighted by Gasteiger charge is -2.39. The number of alkyl halides is 3. The van der Waals surface area contributed by atoms with Gasteiger partial charge in [0.2, 0.25) is 0 Å². The second-order valence-electron chi connectivity index (χ2n) is 5.59. The average Bonchev–Trinajstić information content (AvgIpc) is 2.40. The lowest BCUT2D eigenvalue weighted by atomic mass is 10.0. The number of nitrogens with zero attached hydrogens (tertiary/aromatic N) is 2. The Kier molecular flexibility index (Phi) is 5.24. The molecule has 0 bridgehead atoms. The number of hydrogen-bond donors (Lipinski definition) is 1. The predicted octanol–water partition coefficient (Wildman–Crippen LogP) is 2.17. The number of hydrogen-bond acceptors (Lipinski definition) is 3. The van der Waals surface area contributed by atoms with Gasteiger partial charge in [0.05, 0.1) is 6.54 Å². The van der Waals surface area contributed by atoms with Crippen LogP contribution < -0.4 is 5.73 Å². The molecule has 1 atom stereocenters. The SMILES string of the molecule is Cc1cccc(C(CN)N2CCN(CC(F)(F)F)CC2)c1. The Hall–Kier alpha value is -1.11. The van der Waals surface area contributed by atoms with Crippen LogP contribution in [0.4, 0.5) is 13.2 Å². The van der Waals surface area contributed by atoms with Crippen LogP contribution in [-0.4, -0.2) is 55.2 Å². The summed E-state index contributed by atoms with van der Waals surface area (Å²) >= 11 is 0. The molecule has 1 saturated heterocycles. The molecule has 1 aliphatic rings. The molecule has 1 unspecified atom stereocenters. The molecule has 0 aliphatic carbocycles. The standard InChI is InChI=1S/C15H22F3N3/c1-12-3-2-4-13(9-12)14(10-19)21-7-5-20(6-8-21)11-15(16,17)18/h2-4,9,14H,5-8,10-11,19H2,1H3. The minimum absolute atomic E-state index is 0.0814. The van der Waals surface area contributed by atoms with Gasteiger partial charge in [-0.15, -0.1) is 0 Å². The summed E-state index contributed by atoms with van der Waals surface area (Å²) < 4.78 is 37.2. The van der Waals surface area contributed by atoms with E-state index in [1.165, 1.54) is 10.5 Å². The van der Waals surface area contributed by atoms with Crippen LogP contribution in [0, 0.1) is 6.92 Å². The smallest absolute Gasteiger partial charge is 0.329 e. The summed E-state index contributed by atoms with van der Waals surface area (Å²) in [6.07, 6.45) is -4.12. The fourth-order valence-electron chi connectivity index (χ4n) is 2.86. The van der Waals surface area contributed by atoms with Crippen molar-refractivity contribution < 1.29 is 13.2 Å². The maximum atomic E-state index is 12.4. The Labute approximate surface area is 123 Å². The molecule has 0 radical (unpaired) electrons. The van der Waals surface area contributed by atoms with Crippen molar-refractivity contribution >= 4 is 0 Å². The molecule has 21 heavy (non-hydrogen) atoms. The third-order valence-electron chi connectivity index (χ3n) is 3.90. The number of piperazine rings is 1. The zero-order chi connectivity index (χ0) is 15.5. The van der Waals surface area contributed by atoms with E-state index in [9.17, 15) is 13.2 Å². The highest BCUT2D eigenvalue weighted by molar-refractivity contribution is 5.25. The van der Waals surface area contributed by atoms with Crippen molar-refractivity contribution in [2.75, 3.05) is 39.3 Å². The first-order valence-electron chi connectivity index (χ1n) is 7.19. The van der Waals surface area contributed by atoms with Gasteiger partial charge in [-0.05, 0) is 12.5 Å². The van der Waals surface area contributed by atoms with Crippen molar-refractivity contribution in [1.82, 2.24) is 9.80 Å². The van der Waals surface area contributed by atoms with E-state index in [4.69, 9.17) is 5.73 Å². The molecule has 0 aromatic heterocycles. The van der Waals surface area contributed by atoms with Crippen LogP contribution in [0.25, 0.3) is 0 Å². The second kappa shape index (κ2) is 6.77. The molecule has 3 nitrogen and oxygen atoms in total. The van der Waals surface area contributed by atoms with Crippen molar-refractivity contribution in [3.8, 4) is 0 Å². The third kappa shape index (κ3) is 4.69. The van der Waals surface area contributed by atoms with E-state index in [1.54, 1.807) is 0 Å². The summed E-state index contributed by atoms with van der Waals surface area (Å²) in [5, 5.41) is 0. The third-order valence-corrected chi connectivity index (χ3v) is 3.90. The van der Waals surface area contributed by atoms with Crippen molar-refractivity contribution in [3.63, 3.8) is 0 Å². The summed E-state index contributed by atoms with van der Waals surface area (Å²) in [6, 6.07) is 8.23. The van der Waals surface area contributed by atoms with Gasteiger partial charge in [-0.3, -0.25) is 9.80 Å². The largest absolute Gasteiger partial charge is 0.401 e. The molecule has 118 valence electrons. The summed E-state index contributed by atoms with van der Waals surface area (Å²) in [5.74, 6) is 0. The van der Waals surface area contributed by atoms with E-state index in [-0.39, 0.29) is 6.04 Å². The van der Waals surface area contributed by atoms with Gasteiger partial charge >= 0.3 is 6.18 Å². The molecule has 1 aliphatic heterocycles. The summed E-state index contributed by atoms with van der Waals surface area (Å²) in [6.45, 7) is 3.78. The topological polar surface area (TPSA) is 32.5 Å². The number of aryl methyl sites for hydroxylation is 1. The highest BCUT2D eigenvalue weighted by Gasteiger charge is 2.33. The molecule has 0 spiro atoms. The van der Waals surface area contributed by atoms with Crippen molar-refractivity contribution in [1.29, 1.82) is 0 Å². The van der Waals surface area contributed by atoms with E-state index < -0.39 is 12.7 Å². The first-order valence-corrected chi connectivity index (χ1v) is 7.19. The van der Waals surface area contributed by atoms with Gasteiger partial charge in [0.1, 0.15) is 0 Å². The molecular formula is C15H22F3N3. The lowest BCUT2D eigenvalue weighted by Crippen LogP contribution is -2.51. The molecule has 6 heteroatoms. The maximum absolute atomic E-state index is 12.4. The van der Waals surface area contributed by atoms with Crippen LogP contribution in [0.1, 0.15) is 17.2 Å². The summed E-state index contributed by atoms with van der Waals surface area (Å²) in [5.41, 5.74) is 8.20. The van der Waals surface area contributed by atoms with Crippen molar-refractivity contribution in [2.45, 2.75) is 19.1 Å². The zero-order valence-electron chi connectivity index (χ0n) is 12.2. The Morgan fingerprint density at radius 3 is 2.38 bits per heavy atom. The first-order chi connectivity index (χ1) is 9.89. The normalized spacial score (nSPS) is 19.7. The van der Waals surface area contributed by atoms with Gasteiger partial charge in [0.15, 0.2) is 0 Å². The van der Waals surface area contributed by atoms with Gasteiger partial charge in [-0.25, -0.2) is 0 Å². The maximum Gasteiger partial charge on any atom is 0.401 e. The molecule has 2 N–H and O–H groups in total. The minimum atomic E-state index is -4.12. The van der Waals surface area contributed by atoms with Crippen LogP contribution in [0.5, 0.6) is 0 Å². The van der Waals surface area contributed by atoms with E-state index in [2.05, 4.69) is 11.0 Å². The highest BCUT2D eigenvalue weighted by atomic mass is 19.4. The Balaban J connectivity index is 1.96. The molecule has 1 fully saturated rings. The first kappa shape index (κ1) is 16.3. The molecular weight excluding hydrogens is 279 g/mol. The molecule has 1 aromatic rings. The fraction of sp³-hybridized carbons (Fsp3) is 0.600. The summed E-state index contributed by atoms with van der Waals surface area (Å²) in [7, 11) is 0. The molecule has 2 rings (SSSR count).